The van der Waals surface area contributed by atoms with Crippen LogP contribution in [0.3, 0.4) is 0 Å². The van der Waals surface area contributed by atoms with E-state index in [9.17, 15) is 14.0 Å². The third kappa shape index (κ3) is 3.14. The average molecular weight is 290 g/mol. The van der Waals surface area contributed by atoms with Crippen molar-refractivity contribution in [2.45, 2.75) is 0 Å². The van der Waals surface area contributed by atoms with Crippen LogP contribution >= 0.6 is 0 Å². The van der Waals surface area contributed by atoms with E-state index < -0.39 is 17.7 Å². The number of aromatic carboxylic acids is 1. The van der Waals surface area contributed by atoms with E-state index in [1.165, 1.54) is 37.6 Å². The molecule has 7 heteroatoms. The lowest BCUT2D eigenvalue weighted by atomic mass is 10.2. The smallest absolute Gasteiger partial charge is 0.356 e. The molecule has 0 atom stereocenters. The van der Waals surface area contributed by atoms with Crippen molar-refractivity contribution in [2.75, 3.05) is 12.4 Å². The second kappa shape index (κ2) is 6.00. The number of aromatic nitrogens is 1. The second-order valence-corrected chi connectivity index (χ2v) is 4.01. The Kier molecular flexibility index (Phi) is 4.13. The van der Waals surface area contributed by atoms with Crippen LogP contribution in [0.1, 0.15) is 20.8 Å². The quantitative estimate of drug-likeness (QED) is 0.901. The van der Waals surface area contributed by atoms with Crippen molar-refractivity contribution in [1.82, 2.24) is 4.98 Å². The Bertz CT molecular complexity index is 703. The molecule has 1 aromatic heterocycles. The number of carboxylic acid groups (broad SMARTS) is 1. The van der Waals surface area contributed by atoms with Crippen LogP contribution in [0.5, 0.6) is 5.75 Å². The number of rotatable bonds is 4. The molecule has 6 nitrogen and oxygen atoms in total. The Hall–Kier alpha value is -2.96. The monoisotopic (exact) mass is 290 g/mol. The van der Waals surface area contributed by atoms with Gasteiger partial charge < -0.3 is 15.2 Å². The molecule has 1 aromatic carbocycles. The number of ether oxygens (including phenoxy) is 1. The molecule has 0 aliphatic rings. The average Bonchev–Trinajstić information content (AvgIpc) is 2.47. The number of nitrogens with zero attached hydrogens (tertiary/aromatic N) is 1. The molecule has 2 rings (SSSR count). The van der Waals surface area contributed by atoms with E-state index in [0.717, 1.165) is 6.07 Å². The van der Waals surface area contributed by atoms with E-state index >= 15 is 0 Å². The highest BCUT2D eigenvalue weighted by Crippen LogP contribution is 2.19. The standard InChI is InChI=1S/C14H11FN2O4/c1-21-11-5-4-8(7-9(11)15)13(18)17-10-3-2-6-16-12(10)14(19)20/h2-7H,1H3,(H,17,18)(H,19,20). The van der Waals surface area contributed by atoms with Crippen molar-refractivity contribution < 1.29 is 23.8 Å². The van der Waals surface area contributed by atoms with Crippen LogP contribution < -0.4 is 10.1 Å². The van der Waals surface area contributed by atoms with Crippen molar-refractivity contribution in [3.8, 4) is 5.75 Å². The number of hydrogen-bond acceptors (Lipinski definition) is 4. The molecule has 0 unspecified atom stereocenters. The summed E-state index contributed by atoms with van der Waals surface area (Å²) in [6.45, 7) is 0. The van der Waals surface area contributed by atoms with Crippen molar-refractivity contribution >= 4 is 17.6 Å². The van der Waals surface area contributed by atoms with Gasteiger partial charge in [-0.15, -0.1) is 0 Å². The number of hydrogen-bond donors (Lipinski definition) is 2. The lowest BCUT2D eigenvalue weighted by molar-refractivity contribution is 0.0691. The molecule has 0 bridgehead atoms. The van der Waals surface area contributed by atoms with Crippen LogP contribution in [-0.2, 0) is 0 Å². The highest BCUT2D eigenvalue weighted by Gasteiger charge is 2.15. The van der Waals surface area contributed by atoms with E-state index in [4.69, 9.17) is 9.84 Å². The number of methoxy groups -OCH3 is 1. The summed E-state index contributed by atoms with van der Waals surface area (Å²) >= 11 is 0. The second-order valence-electron chi connectivity index (χ2n) is 4.01. The van der Waals surface area contributed by atoms with Crippen LogP contribution in [-0.4, -0.2) is 29.1 Å². The van der Waals surface area contributed by atoms with Gasteiger partial charge in [-0.25, -0.2) is 14.2 Å². The zero-order valence-corrected chi connectivity index (χ0v) is 11.0. The van der Waals surface area contributed by atoms with Crippen molar-refractivity contribution in [3.05, 3.63) is 53.6 Å². The summed E-state index contributed by atoms with van der Waals surface area (Å²) in [5.41, 5.74) is -0.223. The molecule has 1 heterocycles. The largest absolute Gasteiger partial charge is 0.494 e. The molecule has 108 valence electrons. The molecule has 0 aliphatic carbocycles. The summed E-state index contributed by atoms with van der Waals surface area (Å²) in [7, 11) is 1.31. The zero-order chi connectivity index (χ0) is 15.4. The zero-order valence-electron chi connectivity index (χ0n) is 11.0. The van der Waals surface area contributed by atoms with Crippen LogP contribution in [0.2, 0.25) is 0 Å². The summed E-state index contributed by atoms with van der Waals surface area (Å²) in [4.78, 5) is 26.7. The van der Waals surface area contributed by atoms with Crippen LogP contribution in [0.4, 0.5) is 10.1 Å². The van der Waals surface area contributed by atoms with E-state index in [0.29, 0.717) is 0 Å². The number of amides is 1. The SMILES string of the molecule is COc1ccc(C(=O)Nc2cccnc2C(=O)O)cc1F. The number of carbonyl (C=O) groups excluding carboxylic acids is 1. The van der Waals surface area contributed by atoms with Crippen molar-refractivity contribution in [1.29, 1.82) is 0 Å². The fraction of sp³-hybridized carbons (Fsp3) is 0.0714. The lowest BCUT2D eigenvalue weighted by Crippen LogP contribution is -2.16. The van der Waals surface area contributed by atoms with Crippen LogP contribution in [0.25, 0.3) is 0 Å². The first-order valence-corrected chi connectivity index (χ1v) is 5.86. The van der Waals surface area contributed by atoms with Crippen LogP contribution in [0.15, 0.2) is 36.5 Å². The van der Waals surface area contributed by atoms with Gasteiger partial charge >= 0.3 is 5.97 Å². The number of halogens is 1. The molecule has 0 saturated carbocycles. The van der Waals surface area contributed by atoms with E-state index in [2.05, 4.69) is 10.3 Å². The van der Waals surface area contributed by atoms with Crippen molar-refractivity contribution in [3.63, 3.8) is 0 Å². The third-order valence-corrected chi connectivity index (χ3v) is 2.67. The Morgan fingerprint density at radius 1 is 1.33 bits per heavy atom. The van der Waals surface area contributed by atoms with Gasteiger partial charge in [0.1, 0.15) is 0 Å². The maximum atomic E-state index is 13.5. The molecule has 21 heavy (non-hydrogen) atoms. The van der Waals surface area contributed by atoms with Gasteiger partial charge in [-0.1, -0.05) is 0 Å². The Labute approximate surface area is 119 Å². The maximum Gasteiger partial charge on any atom is 0.356 e. The Morgan fingerprint density at radius 2 is 2.10 bits per heavy atom. The summed E-state index contributed by atoms with van der Waals surface area (Å²) in [6.07, 6.45) is 1.30. The first kappa shape index (κ1) is 14.4. The van der Waals surface area contributed by atoms with Gasteiger partial charge in [0.2, 0.25) is 0 Å². The first-order valence-electron chi connectivity index (χ1n) is 5.86. The predicted molar refractivity (Wildman–Crippen MR) is 72.1 cm³/mol. The van der Waals surface area contributed by atoms with E-state index in [-0.39, 0.29) is 22.7 Å². The molecule has 0 radical (unpaired) electrons. The third-order valence-electron chi connectivity index (χ3n) is 2.67. The highest BCUT2D eigenvalue weighted by molar-refractivity contribution is 6.07. The fourth-order valence-corrected chi connectivity index (χ4v) is 1.68. The van der Waals surface area contributed by atoms with Crippen LogP contribution in [0, 0.1) is 5.82 Å². The molecule has 0 spiro atoms. The number of carbonyl (C=O) groups is 2. The number of pyridine rings is 1. The van der Waals surface area contributed by atoms with Gasteiger partial charge in [0.25, 0.3) is 5.91 Å². The molecule has 2 aromatic rings. The molecule has 0 fully saturated rings. The van der Waals surface area contributed by atoms with Crippen molar-refractivity contribution in [2.24, 2.45) is 0 Å². The first-order chi connectivity index (χ1) is 10.0. The summed E-state index contributed by atoms with van der Waals surface area (Å²) in [5, 5.41) is 11.4. The minimum absolute atomic E-state index is 0.0131. The predicted octanol–water partition coefficient (Wildman–Crippen LogP) is 2.18. The molecular weight excluding hydrogens is 279 g/mol. The van der Waals surface area contributed by atoms with Gasteiger partial charge in [0.05, 0.1) is 12.8 Å². The summed E-state index contributed by atoms with van der Waals surface area (Å²) < 4.78 is 18.3. The van der Waals surface area contributed by atoms with E-state index in [1.807, 2.05) is 0 Å². The highest BCUT2D eigenvalue weighted by atomic mass is 19.1. The molecule has 2 N–H and O–H groups in total. The maximum absolute atomic E-state index is 13.5. The fourth-order valence-electron chi connectivity index (χ4n) is 1.68. The van der Waals surface area contributed by atoms with Gasteiger partial charge in [0.15, 0.2) is 17.3 Å². The minimum Gasteiger partial charge on any atom is -0.494 e. The number of carboxylic acids is 1. The number of anilines is 1. The molecule has 0 saturated heterocycles. The number of nitrogens with one attached hydrogen (secondary N) is 1. The molecule has 0 aliphatic heterocycles. The Balaban J connectivity index is 2.26. The number of benzene rings is 1. The Morgan fingerprint density at radius 3 is 2.71 bits per heavy atom. The molecule has 1 amide bonds. The summed E-state index contributed by atoms with van der Waals surface area (Å²) in [5.74, 6) is -2.59. The van der Waals surface area contributed by atoms with Gasteiger partial charge in [0, 0.05) is 11.8 Å². The molecular formula is C14H11FN2O4. The topological polar surface area (TPSA) is 88.5 Å². The summed E-state index contributed by atoms with van der Waals surface area (Å²) in [6, 6.07) is 6.57. The minimum atomic E-state index is -1.27. The van der Waals surface area contributed by atoms with Gasteiger partial charge in [-0.3, -0.25) is 4.79 Å². The lowest BCUT2D eigenvalue weighted by Gasteiger charge is -2.08. The normalized spacial score (nSPS) is 10.0. The van der Waals surface area contributed by atoms with Gasteiger partial charge in [-0.05, 0) is 30.3 Å². The van der Waals surface area contributed by atoms with E-state index in [1.54, 1.807) is 0 Å². The van der Waals surface area contributed by atoms with Gasteiger partial charge in [-0.2, -0.15) is 0 Å².